The van der Waals surface area contributed by atoms with Crippen LogP contribution in [0.4, 0.5) is 0 Å². The van der Waals surface area contributed by atoms with Gasteiger partial charge in [-0.05, 0) is 25.8 Å². The number of nitrogens with one attached hydrogen (secondary N) is 1. The van der Waals surface area contributed by atoms with E-state index in [1.165, 1.54) is 12.8 Å². The smallest absolute Gasteiger partial charge is 0.0624 e. The molecule has 2 nitrogen and oxygen atoms in total. The van der Waals surface area contributed by atoms with Crippen LogP contribution in [0.5, 0.6) is 0 Å². The summed E-state index contributed by atoms with van der Waals surface area (Å²) in [5, 5.41) is 12.8. The van der Waals surface area contributed by atoms with Crippen molar-refractivity contribution in [1.29, 1.82) is 0 Å². The minimum absolute atomic E-state index is 0.0298. The summed E-state index contributed by atoms with van der Waals surface area (Å²) >= 11 is 1.94. The van der Waals surface area contributed by atoms with Gasteiger partial charge in [0.15, 0.2) is 0 Å². The van der Waals surface area contributed by atoms with Gasteiger partial charge in [-0.15, -0.1) is 0 Å². The monoisotopic (exact) mass is 217 g/mol. The molecule has 0 amide bonds. The van der Waals surface area contributed by atoms with Crippen LogP contribution in [0.3, 0.4) is 0 Å². The average Bonchev–Trinajstić information content (AvgIpc) is 2.89. The van der Waals surface area contributed by atoms with Gasteiger partial charge < -0.3 is 10.4 Å². The third-order valence-electron chi connectivity index (χ3n) is 2.90. The first-order valence-electron chi connectivity index (χ1n) is 5.37. The lowest BCUT2D eigenvalue weighted by atomic mass is 9.97. The second kappa shape index (κ2) is 4.42. The van der Waals surface area contributed by atoms with Crippen molar-refractivity contribution in [3.63, 3.8) is 0 Å². The quantitative estimate of drug-likeness (QED) is 0.737. The Kier molecular flexibility index (Phi) is 3.89. The first-order valence-corrected chi connectivity index (χ1v) is 6.36. The van der Waals surface area contributed by atoms with Gasteiger partial charge in [0, 0.05) is 10.5 Å². The normalized spacial score (nSPS) is 22.1. The lowest BCUT2D eigenvalue weighted by Crippen LogP contribution is -2.51. The Bertz CT molecular complexity index is 180. The summed E-state index contributed by atoms with van der Waals surface area (Å²) in [5.41, 5.74) is -0.0298. The molecule has 84 valence electrons. The maximum absolute atomic E-state index is 9.51. The highest BCUT2D eigenvalue weighted by molar-refractivity contribution is 8.00. The molecule has 0 spiro atoms. The first kappa shape index (κ1) is 12.3. The molecule has 0 heterocycles. The molecule has 2 N–H and O–H groups in total. The van der Waals surface area contributed by atoms with Gasteiger partial charge in [-0.25, -0.2) is 0 Å². The van der Waals surface area contributed by atoms with Crippen LogP contribution in [0.2, 0.25) is 0 Å². The summed E-state index contributed by atoms with van der Waals surface area (Å²) in [5.74, 6) is 1.70. The Balaban J connectivity index is 2.50. The molecule has 14 heavy (non-hydrogen) atoms. The molecule has 0 aromatic heterocycles. The van der Waals surface area contributed by atoms with Crippen molar-refractivity contribution < 1.29 is 5.11 Å². The molecule has 3 heteroatoms. The Morgan fingerprint density at radius 1 is 1.36 bits per heavy atom. The lowest BCUT2D eigenvalue weighted by molar-refractivity contribution is 0.167. The molecule has 1 fully saturated rings. The molecule has 0 radical (unpaired) electrons. The number of thioether (sulfide) groups is 1. The molecule has 0 bridgehead atoms. The van der Waals surface area contributed by atoms with Gasteiger partial charge in [0.05, 0.1) is 12.1 Å². The van der Waals surface area contributed by atoms with Crippen LogP contribution in [-0.2, 0) is 0 Å². The molecule has 1 rings (SSSR count). The fraction of sp³-hybridized carbons (Fsp3) is 1.00. The van der Waals surface area contributed by atoms with E-state index < -0.39 is 0 Å². The van der Waals surface area contributed by atoms with Gasteiger partial charge in [0.25, 0.3) is 0 Å². The number of likely N-dealkylation sites (N-methyl/N-ethyl adjacent to an activating group) is 1. The Morgan fingerprint density at radius 2 is 1.93 bits per heavy atom. The van der Waals surface area contributed by atoms with E-state index in [0.717, 1.165) is 5.75 Å². The van der Waals surface area contributed by atoms with Gasteiger partial charge in [-0.3, -0.25) is 0 Å². The van der Waals surface area contributed by atoms with Crippen molar-refractivity contribution in [3.8, 4) is 0 Å². The second-order valence-electron chi connectivity index (χ2n) is 5.24. The molecular formula is C11H23NOS. The van der Waals surface area contributed by atoms with Gasteiger partial charge in [0.2, 0.25) is 0 Å². The fourth-order valence-corrected chi connectivity index (χ4v) is 2.79. The molecule has 0 saturated heterocycles. The third kappa shape index (κ3) is 3.14. The van der Waals surface area contributed by atoms with Crippen molar-refractivity contribution in [2.24, 2.45) is 5.92 Å². The van der Waals surface area contributed by atoms with Crippen molar-refractivity contribution in [3.05, 3.63) is 0 Å². The minimum atomic E-state index is -0.0298. The van der Waals surface area contributed by atoms with E-state index in [0.29, 0.717) is 5.92 Å². The molecule has 1 aliphatic rings. The number of hydrogen-bond acceptors (Lipinski definition) is 3. The van der Waals surface area contributed by atoms with Crippen LogP contribution in [0.25, 0.3) is 0 Å². The highest BCUT2D eigenvalue weighted by Crippen LogP contribution is 2.42. The van der Waals surface area contributed by atoms with Crippen LogP contribution in [0.1, 0.15) is 33.6 Å². The minimum Gasteiger partial charge on any atom is -0.394 e. The SMILES string of the molecule is CNC(CO)(CSC(C)(C)C)C1CC1. The predicted octanol–water partition coefficient (Wildman–Crippen LogP) is 1.88. The van der Waals surface area contributed by atoms with Crippen molar-refractivity contribution >= 4 is 11.8 Å². The summed E-state index contributed by atoms with van der Waals surface area (Å²) in [4.78, 5) is 0. The highest BCUT2D eigenvalue weighted by Gasteiger charge is 2.44. The van der Waals surface area contributed by atoms with Gasteiger partial charge in [-0.2, -0.15) is 11.8 Å². The van der Waals surface area contributed by atoms with E-state index in [4.69, 9.17) is 0 Å². The van der Waals surface area contributed by atoms with E-state index in [1.54, 1.807) is 0 Å². The van der Waals surface area contributed by atoms with Gasteiger partial charge >= 0.3 is 0 Å². The molecule has 0 aliphatic heterocycles. The molecular weight excluding hydrogens is 194 g/mol. The van der Waals surface area contributed by atoms with E-state index in [9.17, 15) is 5.11 Å². The number of aliphatic hydroxyl groups is 1. The summed E-state index contributed by atoms with van der Waals surface area (Å²) < 4.78 is 0.284. The van der Waals surface area contributed by atoms with E-state index in [1.807, 2.05) is 18.8 Å². The molecule has 1 unspecified atom stereocenters. The van der Waals surface area contributed by atoms with E-state index >= 15 is 0 Å². The van der Waals surface area contributed by atoms with Crippen LogP contribution in [0.15, 0.2) is 0 Å². The Hall–Kier alpha value is 0.270. The zero-order chi connectivity index (χ0) is 10.8. The van der Waals surface area contributed by atoms with Crippen LogP contribution in [0, 0.1) is 5.92 Å². The number of hydrogen-bond donors (Lipinski definition) is 2. The van der Waals surface area contributed by atoms with Crippen LogP contribution < -0.4 is 5.32 Å². The summed E-state index contributed by atoms with van der Waals surface area (Å²) in [7, 11) is 1.97. The summed E-state index contributed by atoms with van der Waals surface area (Å²) in [6.07, 6.45) is 2.54. The maximum Gasteiger partial charge on any atom is 0.0624 e. The Morgan fingerprint density at radius 3 is 2.21 bits per heavy atom. The zero-order valence-electron chi connectivity index (χ0n) is 9.76. The van der Waals surface area contributed by atoms with Crippen molar-refractivity contribution in [1.82, 2.24) is 5.32 Å². The van der Waals surface area contributed by atoms with Gasteiger partial charge in [-0.1, -0.05) is 20.8 Å². The average molecular weight is 217 g/mol. The largest absolute Gasteiger partial charge is 0.394 e. The zero-order valence-corrected chi connectivity index (χ0v) is 10.6. The van der Waals surface area contributed by atoms with Crippen molar-refractivity contribution in [2.75, 3.05) is 19.4 Å². The molecule has 0 aromatic rings. The maximum atomic E-state index is 9.51. The second-order valence-corrected chi connectivity index (χ2v) is 7.04. The van der Waals surface area contributed by atoms with E-state index in [2.05, 4.69) is 26.1 Å². The molecule has 0 aromatic carbocycles. The van der Waals surface area contributed by atoms with E-state index in [-0.39, 0.29) is 16.9 Å². The standard InChI is InChI=1S/C11H23NOS/c1-10(2,3)14-8-11(7-13,12-4)9-5-6-9/h9,12-13H,5-8H2,1-4H3. The van der Waals surface area contributed by atoms with Gasteiger partial charge in [0.1, 0.15) is 0 Å². The summed E-state index contributed by atoms with van der Waals surface area (Å²) in [6, 6.07) is 0. The molecule has 1 aliphatic carbocycles. The topological polar surface area (TPSA) is 32.3 Å². The Labute approximate surface area is 91.9 Å². The van der Waals surface area contributed by atoms with Crippen LogP contribution in [-0.4, -0.2) is 34.8 Å². The van der Waals surface area contributed by atoms with Crippen LogP contribution >= 0.6 is 11.8 Å². The molecule has 1 atom stereocenters. The fourth-order valence-electron chi connectivity index (χ4n) is 1.63. The lowest BCUT2D eigenvalue weighted by Gasteiger charge is -2.34. The predicted molar refractivity (Wildman–Crippen MR) is 63.8 cm³/mol. The number of rotatable bonds is 5. The summed E-state index contributed by atoms with van der Waals surface area (Å²) in [6.45, 7) is 6.93. The third-order valence-corrected chi connectivity index (χ3v) is 4.43. The van der Waals surface area contributed by atoms with Crippen molar-refractivity contribution in [2.45, 2.75) is 43.9 Å². The highest BCUT2D eigenvalue weighted by atomic mass is 32.2. The number of aliphatic hydroxyl groups excluding tert-OH is 1. The first-order chi connectivity index (χ1) is 6.43. The molecule has 1 saturated carbocycles.